The second kappa shape index (κ2) is 4.67. The molecule has 88 valence electrons. The number of aromatic nitrogens is 1. The minimum absolute atomic E-state index is 0.353. The van der Waals surface area contributed by atoms with Gasteiger partial charge in [0.15, 0.2) is 0 Å². The number of aliphatic hydroxyl groups is 1. The van der Waals surface area contributed by atoms with E-state index in [1.54, 1.807) is 6.20 Å². The Labute approximate surface area is 105 Å². The van der Waals surface area contributed by atoms with Gasteiger partial charge in [0.2, 0.25) is 0 Å². The largest absolute Gasteiger partial charge is 0.387 e. The van der Waals surface area contributed by atoms with E-state index in [-0.39, 0.29) is 6.10 Å². The molecule has 1 N–H and O–H groups in total. The van der Waals surface area contributed by atoms with Crippen molar-refractivity contribution in [1.82, 2.24) is 4.98 Å². The van der Waals surface area contributed by atoms with Crippen LogP contribution in [-0.4, -0.2) is 21.1 Å². The summed E-state index contributed by atoms with van der Waals surface area (Å²) in [6, 6.07) is 10.1. The van der Waals surface area contributed by atoms with Crippen LogP contribution in [0.15, 0.2) is 36.5 Å². The minimum atomic E-state index is -0.353. The fraction of sp³-hybridized carbons (Fsp3) is 0.357. The SMILES string of the molecule is OC(c1ccc2cccnc2c1)C1CCCS1. The van der Waals surface area contributed by atoms with Crippen LogP contribution in [-0.2, 0) is 0 Å². The molecule has 0 saturated carbocycles. The van der Waals surface area contributed by atoms with Crippen molar-refractivity contribution in [2.45, 2.75) is 24.2 Å². The lowest BCUT2D eigenvalue weighted by molar-refractivity contribution is 0.173. The molecule has 1 aromatic heterocycles. The summed E-state index contributed by atoms with van der Waals surface area (Å²) >= 11 is 1.88. The zero-order valence-corrected chi connectivity index (χ0v) is 10.4. The molecule has 1 fully saturated rings. The molecule has 0 amide bonds. The van der Waals surface area contributed by atoms with E-state index in [0.717, 1.165) is 22.9 Å². The Kier molecular flexibility index (Phi) is 3.04. The van der Waals surface area contributed by atoms with Crippen LogP contribution < -0.4 is 0 Å². The molecule has 3 heteroatoms. The first kappa shape index (κ1) is 11.1. The van der Waals surface area contributed by atoms with Crippen LogP contribution in [0.2, 0.25) is 0 Å². The smallest absolute Gasteiger partial charge is 0.0909 e. The normalized spacial score (nSPS) is 21.8. The van der Waals surface area contributed by atoms with Crippen molar-refractivity contribution >= 4 is 22.7 Å². The molecule has 1 saturated heterocycles. The van der Waals surface area contributed by atoms with Gasteiger partial charge in [0.25, 0.3) is 0 Å². The van der Waals surface area contributed by atoms with Gasteiger partial charge in [-0.1, -0.05) is 18.2 Å². The Balaban J connectivity index is 1.94. The van der Waals surface area contributed by atoms with Gasteiger partial charge in [-0.3, -0.25) is 4.98 Å². The molecular weight excluding hydrogens is 230 g/mol. The zero-order valence-electron chi connectivity index (χ0n) is 9.54. The Hall–Kier alpha value is -1.06. The van der Waals surface area contributed by atoms with Crippen LogP contribution in [0.25, 0.3) is 10.9 Å². The van der Waals surface area contributed by atoms with E-state index in [0.29, 0.717) is 5.25 Å². The van der Waals surface area contributed by atoms with E-state index >= 15 is 0 Å². The highest BCUT2D eigenvalue weighted by atomic mass is 32.2. The van der Waals surface area contributed by atoms with Gasteiger partial charge in [0.05, 0.1) is 11.6 Å². The standard InChI is InChI=1S/C14H15NOS/c16-14(13-4-2-8-17-13)11-6-5-10-3-1-7-15-12(10)9-11/h1,3,5-7,9,13-14,16H,2,4,8H2. The predicted molar refractivity (Wildman–Crippen MR) is 72.2 cm³/mol. The molecule has 2 unspecified atom stereocenters. The van der Waals surface area contributed by atoms with Gasteiger partial charge in [-0.2, -0.15) is 11.8 Å². The summed E-state index contributed by atoms with van der Waals surface area (Å²) in [6.07, 6.45) is 3.78. The van der Waals surface area contributed by atoms with Crippen LogP contribution in [0, 0.1) is 0 Å². The highest BCUT2D eigenvalue weighted by Gasteiger charge is 2.25. The van der Waals surface area contributed by atoms with Gasteiger partial charge in [-0.25, -0.2) is 0 Å². The molecule has 0 radical (unpaired) electrons. The molecule has 0 aliphatic carbocycles. The van der Waals surface area contributed by atoms with Gasteiger partial charge in [-0.15, -0.1) is 0 Å². The molecule has 2 heterocycles. The van der Waals surface area contributed by atoms with Crippen molar-refractivity contribution in [1.29, 1.82) is 0 Å². The van der Waals surface area contributed by atoms with E-state index in [2.05, 4.69) is 4.98 Å². The van der Waals surface area contributed by atoms with Crippen LogP contribution in [0.5, 0.6) is 0 Å². The number of fused-ring (bicyclic) bond motifs is 1. The van der Waals surface area contributed by atoms with Gasteiger partial charge >= 0.3 is 0 Å². The number of hydrogen-bond acceptors (Lipinski definition) is 3. The second-order valence-electron chi connectivity index (χ2n) is 4.45. The molecule has 1 aliphatic heterocycles. The highest BCUT2D eigenvalue weighted by Crippen LogP contribution is 2.36. The Morgan fingerprint density at radius 2 is 2.29 bits per heavy atom. The number of hydrogen-bond donors (Lipinski definition) is 1. The van der Waals surface area contributed by atoms with E-state index < -0.39 is 0 Å². The molecule has 3 rings (SSSR count). The average molecular weight is 245 g/mol. The van der Waals surface area contributed by atoms with Gasteiger partial charge in [0, 0.05) is 16.8 Å². The fourth-order valence-corrected chi connectivity index (χ4v) is 3.64. The van der Waals surface area contributed by atoms with E-state index in [1.807, 2.05) is 42.1 Å². The van der Waals surface area contributed by atoms with E-state index in [9.17, 15) is 5.11 Å². The molecule has 1 aliphatic rings. The van der Waals surface area contributed by atoms with Crippen molar-refractivity contribution in [3.05, 3.63) is 42.1 Å². The summed E-state index contributed by atoms with van der Waals surface area (Å²) in [4.78, 5) is 4.33. The summed E-state index contributed by atoms with van der Waals surface area (Å²) in [6.45, 7) is 0. The lowest BCUT2D eigenvalue weighted by atomic mass is 10.0. The van der Waals surface area contributed by atoms with Gasteiger partial charge in [0.1, 0.15) is 0 Å². The molecule has 0 spiro atoms. The monoisotopic (exact) mass is 245 g/mol. The van der Waals surface area contributed by atoms with Crippen molar-refractivity contribution in [3.8, 4) is 0 Å². The van der Waals surface area contributed by atoms with Crippen molar-refractivity contribution < 1.29 is 5.11 Å². The number of nitrogens with zero attached hydrogens (tertiary/aromatic N) is 1. The average Bonchev–Trinajstić information content (AvgIpc) is 2.91. The van der Waals surface area contributed by atoms with Crippen LogP contribution in [0.1, 0.15) is 24.5 Å². The second-order valence-corrected chi connectivity index (χ2v) is 5.80. The first-order valence-electron chi connectivity index (χ1n) is 5.99. The summed E-state index contributed by atoms with van der Waals surface area (Å²) in [5, 5.41) is 11.8. The minimum Gasteiger partial charge on any atom is -0.387 e. The van der Waals surface area contributed by atoms with Crippen molar-refractivity contribution in [2.24, 2.45) is 0 Å². The molecular formula is C14H15NOS. The van der Waals surface area contributed by atoms with Crippen LogP contribution >= 0.6 is 11.8 Å². The number of thioether (sulfide) groups is 1. The quantitative estimate of drug-likeness (QED) is 0.882. The molecule has 17 heavy (non-hydrogen) atoms. The van der Waals surface area contributed by atoms with E-state index in [1.165, 1.54) is 12.2 Å². The third-order valence-corrected chi connectivity index (χ3v) is 4.73. The lowest BCUT2D eigenvalue weighted by Gasteiger charge is -2.17. The van der Waals surface area contributed by atoms with E-state index in [4.69, 9.17) is 0 Å². The van der Waals surface area contributed by atoms with Gasteiger partial charge < -0.3 is 5.11 Å². The van der Waals surface area contributed by atoms with Crippen LogP contribution in [0.3, 0.4) is 0 Å². The maximum Gasteiger partial charge on any atom is 0.0909 e. The highest BCUT2D eigenvalue weighted by molar-refractivity contribution is 8.00. The fourth-order valence-electron chi connectivity index (χ4n) is 2.33. The summed E-state index contributed by atoms with van der Waals surface area (Å²) < 4.78 is 0. The first-order valence-corrected chi connectivity index (χ1v) is 7.04. The third kappa shape index (κ3) is 2.17. The number of benzene rings is 1. The maximum absolute atomic E-state index is 10.3. The summed E-state index contributed by atoms with van der Waals surface area (Å²) in [5.41, 5.74) is 1.96. The van der Waals surface area contributed by atoms with Crippen molar-refractivity contribution in [3.63, 3.8) is 0 Å². The Morgan fingerprint density at radius 1 is 1.35 bits per heavy atom. The lowest BCUT2D eigenvalue weighted by Crippen LogP contribution is -2.11. The number of aliphatic hydroxyl groups excluding tert-OH is 1. The Morgan fingerprint density at radius 3 is 3.12 bits per heavy atom. The molecule has 2 nitrogen and oxygen atoms in total. The molecule has 2 aromatic rings. The maximum atomic E-state index is 10.3. The topological polar surface area (TPSA) is 33.1 Å². The Bertz CT molecular complexity index is 522. The number of pyridine rings is 1. The molecule has 1 aromatic carbocycles. The molecule has 0 bridgehead atoms. The van der Waals surface area contributed by atoms with Crippen LogP contribution in [0.4, 0.5) is 0 Å². The predicted octanol–water partition coefficient (Wildman–Crippen LogP) is 3.16. The van der Waals surface area contributed by atoms with Crippen molar-refractivity contribution in [2.75, 3.05) is 5.75 Å². The third-order valence-electron chi connectivity index (χ3n) is 3.29. The zero-order chi connectivity index (χ0) is 11.7. The van der Waals surface area contributed by atoms with Gasteiger partial charge in [-0.05, 0) is 36.3 Å². The first-order chi connectivity index (χ1) is 8.34. The number of rotatable bonds is 2. The summed E-state index contributed by atoms with van der Waals surface area (Å²) in [5.74, 6) is 1.17. The molecule has 2 atom stereocenters. The summed E-state index contributed by atoms with van der Waals surface area (Å²) in [7, 11) is 0.